The Bertz CT molecular complexity index is 1580. The van der Waals surface area contributed by atoms with E-state index < -0.39 is 11.6 Å². The molecule has 0 bridgehead atoms. The fourth-order valence-corrected chi connectivity index (χ4v) is 7.13. The number of aryl methyl sites for hydroxylation is 1. The molecule has 1 aliphatic heterocycles. The van der Waals surface area contributed by atoms with E-state index in [4.69, 9.17) is 9.47 Å². The van der Waals surface area contributed by atoms with Crippen LogP contribution in [0.15, 0.2) is 91.0 Å². The van der Waals surface area contributed by atoms with Crippen LogP contribution >= 0.6 is 12.4 Å². The highest BCUT2D eigenvalue weighted by molar-refractivity contribution is 5.85. The molecule has 8 heteroatoms. The molecule has 0 aromatic heterocycles. The second kappa shape index (κ2) is 17.5. The van der Waals surface area contributed by atoms with Crippen molar-refractivity contribution < 1.29 is 23.0 Å². The number of rotatable bonds is 15. The molecule has 5 nitrogen and oxygen atoms in total. The maximum Gasteiger partial charge on any atom is 0.220 e. The lowest BCUT2D eigenvalue weighted by atomic mass is 9.68. The molecule has 1 N–H and O–H groups in total. The van der Waals surface area contributed by atoms with Gasteiger partial charge in [-0.2, -0.15) is 0 Å². The number of nitrogens with zero attached hydrogens (tertiary/aromatic N) is 1. The highest BCUT2D eigenvalue weighted by atomic mass is 35.5. The van der Waals surface area contributed by atoms with Crippen LogP contribution in [-0.2, 0) is 23.1 Å². The SMILES string of the molecule is COc1cc2c(cc1OC)C(C)N(CCCC(CCCNC(=O)CCc1ccc(F)c(F)c1)(c1ccccc1)c1ccccc1)CC2.Cl. The Morgan fingerprint density at radius 1 is 0.854 bits per heavy atom. The normalized spacial score (nSPS) is 14.5. The van der Waals surface area contributed by atoms with Crippen molar-refractivity contribution in [3.05, 3.63) is 130 Å². The van der Waals surface area contributed by atoms with Crippen LogP contribution in [0.25, 0.3) is 0 Å². The van der Waals surface area contributed by atoms with Crippen LogP contribution in [0.4, 0.5) is 8.78 Å². The summed E-state index contributed by atoms with van der Waals surface area (Å²) in [7, 11) is 3.37. The van der Waals surface area contributed by atoms with Crippen molar-refractivity contribution in [3.63, 3.8) is 0 Å². The fraction of sp³-hybridized carbons (Fsp3) is 0.375. The van der Waals surface area contributed by atoms with Gasteiger partial charge in [-0.15, -0.1) is 12.4 Å². The molecule has 1 amide bonds. The highest BCUT2D eigenvalue weighted by Crippen LogP contribution is 2.42. The van der Waals surface area contributed by atoms with E-state index in [1.54, 1.807) is 14.2 Å². The van der Waals surface area contributed by atoms with Gasteiger partial charge in [-0.3, -0.25) is 9.69 Å². The van der Waals surface area contributed by atoms with E-state index in [2.05, 4.69) is 89.9 Å². The number of methoxy groups -OCH3 is 2. The van der Waals surface area contributed by atoms with Crippen molar-refractivity contribution in [2.24, 2.45) is 0 Å². The Morgan fingerprint density at radius 3 is 2.10 bits per heavy atom. The van der Waals surface area contributed by atoms with Gasteiger partial charge in [0, 0.05) is 31.0 Å². The number of nitrogens with one attached hydrogen (secondary N) is 1. The van der Waals surface area contributed by atoms with E-state index in [0.29, 0.717) is 18.5 Å². The largest absolute Gasteiger partial charge is 0.493 e. The molecule has 4 aromatic carbocycles. The third kappa shape index (κ3) is 8.74. The lowest BCUT2D eigenvalue weighted by Crippen LogP contribution is -2.36. The molecule has 0 fully saturated rings. The number of carbonyl (C=O) groups excluding carboxylic acids is 1. The molecular formula is C40H47ClF2N2O3. The van der Waals surface area contributed by atoms with E-state index in [1.807, 2.05) is 0 Å². The van der Waals surface area contributed by atoms with Gasteiger partial charge in [0.05, 0.1) is 14.2 Å². The van der Waals surface area contributed by atoms with Gasteiger partial charge in [0.15, 0.2) is 23.1 Å². The molecule has 0 spiro atoms. The van der Waals surface area contributed by atoms with Crippen LogP contribution in [0.5, 0.6) is 11.5 Å². The average Bonchev–Trinajstić information content (AvgIpc) is 3.11. The van der Waals surface area contributed by atoms with E-state index in [9.17, 15) is 13.6 Å². The number of amides is 1. The summed E-state index contributed by atoms with van der Waals surface area (Å²) < 4.78 is 38.0. The monoisotopic (exact) mass is 676 g/mol. The van der Waals surface area contributed by atoms with Crippen molar-refractivity contribution in [3.8, 4) is 11.5 Å². The smallest absolute Gasteiger partial charge is 0.220 e. The molecule has 1 unspecified atom stereocenters. The van der Waals surface area contributed by atoms with Gasteiger partial charge in [0.25, 0.3) is 0 Å². The van der Waals surface area contributed by atoms with Crippen molar-refractivity contribution in [2.75, 3.05) is 33.9 Å². The summed E-state index contributed by atoms with van der Waals surface area (Å²) in [5.41, 5.74) is 5.57. The first-order valence-electron chi connectivity index (χ1n) is 16.6. The first kappa shape index (κ1) is 36.9. The van der Waals surface area contributed by atoms with Crippen LogP contribution < -0.4 is 14.8 Å². The maximum absolute atomic E-state index is 13.6. The van der Waals surface area contributed by atoms with Gasteiger partial charge >= 0.3 is 0 Å². The Kier molecular flexibility index (Phi) is 13.4. The highest BCUT2D eigenvalue weighted by Gasteiger charge is 2.34. The van der Waals surface area contributed by atoms with Crippen molar-refractivity contribution in [1.82, 2.24) is 10.2 Å². The number of hydrogen-bond donors (Lipinski definition) is 1. The minimum absolute atomic E-state index is 0. The summed E-state index contributed by atoms with van der Waals surface area (Å²) >= 11 is 0. The minimum Gasteiger partial charge on any atom is -0.493 e. The van der Waals surface area contributed by atoms with Crippen molar-refractivity contribution in [1.29, 1.82) is 0 Å². The summed E-state index contributed by atoms with van der Waals surface area (Å²) in [6, 6.07) is 29.8. The van der Waals surface area contributed by atoms with Crippen molar-refractivity contribution in [2.45, 2.75) is 63.3 Å². The topological polar surface area (TPSA) is 50.8 Å². The zero-order valence-electron chi connectivity index (χ0n) is 28.1. The fourth-order valence-electron chi connectivity index (χ4n) is 7.13. The summed E-state index contributed by atoms with van der Waals surface area (Å²) in [5.74, 6) is -0.309. The predicted molar refractivity (Wildman–Crippen MR) is 190 cm³/mol. The standard InChI is InChI=1S/C40H46F2N2O3.ClH/c1-29-34-28-38(47-3)37(46-2)27-31(34)20-25-44(29)24-11-22-40(32-12-6-4-7-13-32,33-14-8-5-9-15-33)21-10-23-43-39(45)19-17-30-16-18-35(41)36(42)26-30;/h4-9,12-16,18,26-29H,10-11,17,19-25H2,1-3H3,(H,43,45);1H. The molecule has 5 rings (SSSR count). The Balaban J connectivity index is 0.00000520. The Hall–Kier alpha value is -3.94. The second-order valence-electron chi connectivity index (χ2n) is 12.5. The summed E-state index contributed by atoms with van der Waals surface area (Å²) in [4.78, 5) is 15.2. The first-order valence-corrected chi connectivity index (χ1v) is 16.6. The molecule has 1 atom stereocenters. The number of fused-ring (bicyclic) bond motifs is 1. The van der Waals surface area contributed by atoms with Crippen LogP contribution in [0.2, 0.25) is 0 Å². The van der Waals surface area contributed by atoms with E-state index >= 15 is 0 Å². The van der Waals surface area contributed by atoms with Crippen molar-refractivity contribution >= 4 is 18.3 Å². The average molecular weight is 677 g/mol. The third-order valence-electron chi connectivity index (χ3n) is 9.74. The number of hydrogen-bond acceptors (Lipinski definition) is 4. The van der Waals surface area contributed by atoms with Gasteiger partial charge < -0.3 is 14.8 Å². The number of carbonyl (C=O) groups is 1. The first-order chi connectivity index (χ1) is 22.8. The molecule has 0 aliphatic carbocycles. The number of halogens is 3. The van der Waals surface area contributed by atoms with Gasteiger partial charge in [-0.05, 0) is 104 Å². The summed E-state index contributed by atoms with van der Waals surface area (Å²) in [6.07, 6.45) is 5.21. The quantitative estimate of drug-likeness (QED) is 0.128. The molecule has 1 heterocycles. The van der Waals surface area contributed by atoms with Gasteiger partial charge in [-0.1, -0.05) is 66.7 Å². The van der Waals surface area contributed by atoms with Crippen LogP contribution in [0.3, 0.4) is 0 Å². The molecule has 0 radical (unpaired) electrons. The lowest BCUT2D eigenvalue weighted by molar-refractivity contribution is -0.121. The number of benzene rings is 4. The van der Waals surface area contributed by atoms with Gasteiger partial charge in [0.1, 0.15) is 0 Å². The molecule has 4 aromatic rings. The zero-order valence-corrected chi connectivity index (χ0v) is 29.0. The molecule has 0 saturated heterocycles. The van der Waals surface area contributed by atoms with Crippen LogP contribution in [0, 0.1) is 11.6 Å². The van der Waals surface area contributed by atoms with Crippen LogP contribution in [-0.4, -0.2) is 44.7 Å². The lowest BCUT2D eigenvalue weighted by Gasteiger charge is -2.39. The number of ether oxygens (including phenoxy) is 2. The second-order valence-corrected chi connectivity index (χ2v) is 12.5. The van der Waals surface area contributed by atoms with Crippen LogP contribution in [0.1, 0.15) is 72.9 Å². The van der Waals surface area contributed by atoms with E-state index in [1.165, 1.54) is 28.3 Å². The summed E-state index contributed by atoms with van der Waals surface area (Å²) in [6.45, 7) is 4.78. The Morgan fingerprint density at radius 2 is 1.48 bits per heavy atom. The maximum atomic E-state index is 13.6. The molecule has 1 aliphatic rings. The minimum atomic E-state index is -0.887. The van der Waals surface area contributed by atoms with Gasteiger partial charge in [-0.25, -0.2) is 8.78 Å². The third-order valence-corrected chi connectivity index (χ3v) is 9.74. The molecule has 0 saturated carbocycles. The zero-order chi connectivity index (χ0) is 33.2. The summed E-state index contributed by atoms with van der Waals surface area (Å²) in [5, 5.41) is 3.06. The Labute approximate surface area is 290 Å². The van der Waals surface area contributed by atoms with Gasteiger partial charge in [0.2, 0.25) is 5.91 Å². The molecular weight excluding hydrogens is 630 g/mol. The molecule has 256 valence electrons. The predicted octanol–water partition coefficient (Wildman–Crippen LogP) is 8.62. The molecule has 48 heavy (non-hydrogen) atoms. The van der Waals surface area contributed by atoms with E-state index in [-0.39, 0.29) is 36.2 Å². The van der Waals surface area contributed by atoms with E-state index in [0.717, 1.165) is 68.8 Å².